The number of carbonyl (C=O) groups excluding carboxylic acids is 2. The second-order valence-corrected chi connectivity index (χ2v) is 10.1. The van der Waals surface area contributed by atoms with Crippen LogP contribution in [0.1, 0.15) is 35.1 Å². The van der Waals surface area contributed by atoms with Crippen molar-refractivity contribution in [3.63, 3.8) is 0 Å². The summed E-state index contributed by atoms with van der Waals surface area (Å²) in [5.74, 6) is -0.930. The molecular formula is C33H26N2O3. The summed E-state index contributed by atoms with van der Waals surface area (Å²) in [5.41, 5.74) is 4.82. The van der Waals surface area contributed by atoms with Crippen LogP contribution in [0.4, 0.5) is 11.4 Å². The lowest BCUT2D eigenvalue weighted by atomic mass is 9.47. The fourth-order valence-electron chi connectivity index (χ4n) is 6.85. The van der Waals surface area contributed by atoms with Gasteiger partial charge in [0.25, 0.3) is 0 Å². The van der Waals surface area contributed by atoms with Gasteiger partial charge in [0.05, 0.1) is 35.2 Å². The van der Waals surface area contributed by atoms with E-state index < -0.39 is 17.3 Å². The molecule has 0 aromatic heterocycles. The Morgan fingerprint density at radius 3 is 2.03 bits per heavy atom. The molecule has 0 unspecified atom stereocenters. The fourth-order valence-corrected chi connectivity index (χ4v) is 6.85. The summed E-state index contributed by atoms with van der Waals surface area (Å²) in [6.07, 6.45) is 1.93. The lowest BCUT2D eigenvalue weighted by Gasteiger charge is -2.52. The molecule has 186 valence electrons. The van der Waals surface area contributed by atoms with Gasteiger partial charge < -0.3 is 4.74 Å². The summed E-state index contributed by atoms with van der Waals surface area (Å²) in [5, 5.41) is 0. The van der Waals surface area contributed by atoms with Gasteiger partial charge in [-0.25, -0.2) is 4.90 Å². The van der Waals surface area contributed by atoms with Crippen LogP contribution in [0.15, 0.2) is 108 Å². The molecule has 1 heterocycles. The molecule has 0 saturated carbocycles. The number of carbonyl (C=O) groups is 2. The maximum atomic E-state index is 14.4. The summed E-state index contributed by atoms with van der Waals surface area (Å²) in [6.45, 7) is 2.47. The van der Waals surface area contributed by atoms with Crippen molar-refractivity contribution in [3.05, 3.63) is 125 Å². The van der Waals surface area contributed by atoms with E-state index in [0.29, 0.717) is 18.0 Å². The third-order valence-corrected chi connectivity index (χ3v) is 8.26. The van der Waals surface area contributed by atoms with Gasteiger partial charge in [-0.1, -0.05) is 66.7 Å². The summed E-state index contributed by atoms with van der Waals surface area (Å²) < 4.78 is 5.58. The minimum atomic E-state index is -0.866. The van der Waals surface area contributed by atoms with Crippen LogP contribution < -0.4 is 9.64 Å². The predicted octanol–water partition coefficient (Wildman–Crippen LogP) is 6.04. The van der Waals surface area contributed by atoms with E-state index >= 15 is 0 Å². The van der Waals surface area contributed by atoms with E-state index in [-0.39, 0.29) is 17.7 Å². The van der Waals surface area contributed by atoms with Gasteiger partial charge in [-0.2, -0.15) is 0 Å². The molecule has 0 radical (unpaired) electrons. The molecule has 8 rings (SSSR count). The van der Waals surface area contributed by atoms with Gasteiger partial charge in [-0.3, -0.25) is 14.6 Å². The average Bonchev–Trinajstić information content (AvgIpc) is 3.24. The van der Waals surface area contributed by atoms with Crippen LogP contribution in [0.25, 0.3) is 0 Å². The number of nitrogens with zero attached hydrogens (tertiary/aromatic N) is 2. The van der Waals surface area contributed by atoms with Gasteiger partial charge in [-0.15, -0.1) is 0 Å². The van der Waals surface area contributed by atoms with Gasteiger partial charge >= 0.3 is 0 Å². The molecule has 4 aliphatic rings. The van der Waals surface area contributed by atoms with Crippen LogP contribution >= 0.6 is 0 Å². The number of anilines is 1. The number of para-hydroxylation sites is 1. The quantitative estimate of drug-likeness (QED) is 0.249. The Kier molecular flexibility index (Phi) is 5.08. The van der Waals surface area contributed by atoms with E-state index in [0.717, 1.165) is 27.9 Å². The topological polar surface area (TPSA) is 59.0 Å². The second-order valence-electron chi connectivity index (χ2n) is 10.1. The first kappa shape index (κ1) is 22.7. The normalized spacial score (nSPS) is 24.9. The largest absolute Gasteiger partial charge is 0.494 e. The average molecular weight is 499 g/mol. The summed E-state index contributed by atoms with van der Waals surface area (Å²) in [6, 6.07) is 33.4. The van der Waals surface area contributed by atoms with Crippen molar-refractivity contribution >= 4 is 29.4 Å². The van der Waals surface area contributed by atoms with Crippen molar-refractivity contribution in [2.45, 2.75) is 18.3 Å². The minimum absolute atomic E-state index is 0.157. The molecule has 1 fully saturated rings. The number of amides is 2. The Bertz CT molecular complexity index is 1540. The Labute approximate surface area is 221 Å². The van der Waals surface area contributed by atoms with E-state index in [9.17, 15) is 9.59 Å². The molecule has 0 spiro atoms. The molecule has 4 aromatic carbocycles. The molecule has 2 atom stereocenters. The van der Waals surface area contributed by atoms with E-state index in [1.807, 2.05) is 79.9 Å². The number of rotatable bonds is 5. The van der Waals surface area contributed by atoms with Crippen LogP contribution in [0.2, 0.25) is 0 Å². The zero-order chi connectivity index (χ0) is 25.9. The van der Waals surface area contributed by atoms with E-state index in [4.69, 9.17) is 9.73 Å². The zero-order valence-electron chi connectivity index (χ0n) is 21.0. The lowest BCUT2D eigenvalue weighted by Crippen LogP contribution is -2.54. The predicted molar refractivity (Wildman–Crippen MR) is 147 cm³/mol. The minimum Gasteiger partial charge on any atom is -0.494 e. The first-order valence-electron chi connectivity index (χ1n) is 13.0. The van der Waals surface area contributed by atoms with Crippen molar-refractivity contribution in [2.24, 2.45) is 16.8 Å². The highest BCUT2D eigenvalue weighted by atomic mass is 16.5. The zero-order valence-corrected chi connectivity index (χ0v) is 21.0. The van der Waals surface area contributed by atoms with Crippen molar-refractivity contribution in [3.8, 4) is 5.75 Å². The summed E-state index contributed by atoms with van der Waals surface area (Å²) in [7, 11) is 0. The third-order valence-electron chi connectivity index (χ3n) is 8.26. The van der Waals surface area contributed by atoms with Gasteiger partial charge in [0, 0.05) is 12.1 Å². The molecule has 4 aromatic rings. The van der Waals surface area contributed by atoms with Crippen LogP contribution in [-0.4, -0.2) is 24.6 Å². The molecular weight excluding hydrogens is 472 g/mol. The fraction of sp³-hybridized carbons (Fsp3) is 0.182. The highest BCUT2D eigenvalue weighted by molar-refractivity contribution is 6.25. The first-order chi connectivity index (χ1) is 18.6. The Morgan fingerprint density at radius 1 is 0.789 bits per heavy atom. The molecule has 5 nitrogen and oxygen atoms in total. The van der Waals surface area contributed by atoms with Gasteiger partial charge in [0.2, 0.25) is 11.8 Å². The molecule has 0 N–H and O–H groups in total. The highest BCUT2D eigenvalue weighted by Gasteiger charge is 2.67. The molecule has 1 saturated heterocycles. The van der Waals surface area contributed by atoms with Gasteiger partial charge in [0.1, 0.15) is 5.75 Å². The molecule has 1 aliphatic heterocycles. The lowest BCUT2D eigenvalue weighted by molar-refractivity contribution is -0.122. The maximum Gasteiger partial charge on any atom is 0.239 e. The van der Waals surface area contributed by atoms with Crippen molar-refractivity contribution in [2.75, 3.05) is 11.5 Å². The Morgan fingerprint density at radius 2 is 1.39 bits per heavy atom. The van der Waals surface area contributed by atoms with E-state index in [1.54, 1.807) is 12.1 Å². The van der Waals surface area contributed by atoms with E-state index in [1.165, 1.54) is 4.90 Å². The SMILES string of the molecule is CCOc1ccc(N2C(=O)[C@@H]3[C@@H](C2=O)C2c4ccccc4C3(C=Nc3ccccc3)c3ccccc32)cc1. The van der Waals surface area contributed by atoms with Crippen molar-refractivity contribution in [1.29, 1.82) is 0 Å². The van der Waals surface area contributed by atoms with Gasteiger partial charge in [-0.05, 0) is 65.6 Å². The van der Waals surface area contributed by atoms with Crippen molar-refractivity contribution in [1.82, 2.24) is 0 Å². The van der Waals surface area contributed by atoms with Crippen LogP contribution in [-0.2, 0) is 15.0 Å². The van der Waals surface area contributed by atoms with Crippen LogP contribution in [0.3, 0.4) is 0 Å². The number of hydrogen-bond donors (Lipinski definition) is 0. The standard InChI is InChI=1S/C33H26N2O3/c1-2-38-23-18-16-22(17-19-23)35-31(36)29-28-24-12-6-8-14-26(24)33(30(29)32(35)37,27-15-9-7-13-25(27)28)20-34-21-10-4-3-5-11-21/h3-20,28-30H,2H2,1H3/t28?,29-,30-,33?/m0/s1. The number of aliphatic imine (C=N–C) groups is 1. The first-order valence-corrected chi connectivity index (χ1v) is 13.0. The Hall–Kier alpha value is -4.51. The number of imide groups is 1. The van der Waals surface area contributed by atoms with Crippen LogP contribution in [0.5, 0.6) is 5.75 Å². The smallest absolute Gasteiger partial charge is 0.239 e. The number of hydrogen-bond acceptors (Lipinski definition) is 4. The summed E-state index contributed by atoms with van der Waals surface area (Å²) >= 11 is 0. The monoisotopic (exact) mass is 498 g/mol. The Balaban J connectivity index is 1.45. The molecule has 3 aliphatic carbocycles. The maximum absolute atomic E-state index is 14.4. The number of benzene rings is 4. The van der Waals surface area contributed by atoms with Gasteiger partial charge in [0.15, 0.2) is 0 Å². The molecule has 38 heavy (non-hydrogen) atoms. The van der Waals surface area contributed by atoms with E-state index in [2.05, 4.69) is 24.3 Å². The van der Waals surface area contributed by atoms with Crippen molar-refractivity contribution < 1.29 is 14.3 Å². The highest BCUT2D eigenvalue weighted by Crippen LogP contribution is 2.63. The second kappa shape index (κ2) is 8.52. The van der Waals surface area contributed by atoms with Crippen LogP contribution in [0, 0.1) is 11.8 Å². The molecule has 2 bridgehead atoms. The molecule has 5 heteroatoms. The third kappa shape index (κ3) is 3.02. The molecule has 2 amide bonds. The summed E-state index contributed by atoms with van der Waals surface area (Å²) in [4.78, 5) is 34.9. The number of ether oxygens (including phenoxy) is 1.